The summed E-state index contributed by atoms with van der Waals surface area (Å²) >= 11 is 0. The fourth-order valence-corrected chi connectivity index (χ4v) is 5.44. The number of hydrogen-bond acceptors (Lipinski definition) is 6. The molecule has 1 aliphatic heterocycles. The van der Waals surface area contributed by atoms with Crippen LogP contribution in [0.5, 0.6) is 0 Å². The number of hydrogen-bond donors (Lipinski definition) is 4. The predicted octanol–water partition coefficient (Wildman–Crippen LogP) is -0.214. The quantitative estimate of drug-likeness (QED) is 0.429. The summed E-state index contributed by atoms with van der Waals surface area (Å²) in [6.07, 6.45) is 4.74. The van der Waals surface area contributed by atoms with E-state index < -0.39 is 28.1 Å². The van der Waals surface area contributed by atoms with E-state index in [-0.39, 0.29) is 35.7 Å². The molecule has 4 atom stereocenters. The molecule has 10 heteroatoms. The summed E-state index contributed by atoms with van der Waals surface area (Å²) in [6.45, 7) is 4.48. The Morgan fingerprint density at radius 1 is 1.39 bits per heavy atom. The third kappa shape index (κ3) is 6.26. The zero-order valence-corrected chi connectivity index (χ0v) is 17.4. The average molecular weight is 417 g/mol. The summed E-state index contributed by atoms with van der Waals surface area (Å²) in [6, 6.07) is -1.57. The van der Waals surface area contributed by atoms with E-state index in [0.29, 0.717) is 19.5 Å². The molecule has 0 aromatic rings. The van der Waals surface area contributed by atoms with Crippen molar-refractivity contribution in [1.82, 2.24) is 14.9 Å². The summed E-state index contributed by atoms with van der Waals surface area (Å²) in [5.41, 5.74) is 6.41. The molecule has 1 amide bonds. The standard InChI is InChI=1S/C18H32N4O5S/c1-3-4-8-28(26,27)21-14-6-5-7-22(11-14)16-10-13(18(24)25)9-15(19)17(16)20-12(2)23/h10,14-17,21H,3-9,11,19H2,1-2H3,(H,20,23)(H,24,25)/t14-,15-,16+,17+/m0/s1. The number of rotatable bonds is 8. The molecule has 160 valence electrons. The topological polar surface area (TPSA) is 142 Å². The number of carbonyl (C=O) groups is 2. The van der Waals surface area contributed by atoms with Crippen molar-refractivity contribution in [3.05, 3.63) is 11.6 Å². The van der Waals surface area contributed by atoms with E-state index >= 15 is 0 Å². The summed E-state index contributed by atoms with van der Waals surface area (Å²) in [5, 5.41) is 12.3. The molecule has 2 rings (SSSR count). The van der Waals surface area contributed by atoms with E-state index in [1.165, 1.54) is 6.92 Å². The van der Waals surface area contributed by atoms with Gasteiger partial charge in [0, 0.05) is 31.1 Å². The van der Waals surface area contributed by atoms with Gasteiger partial charge in [-0.1, -0.05) is 19.4 Å². The number of amides is 1. The number of unbranched alkanes of at least 4 members (excludes halogenated alkanes) is 1. The first-order valence-corrected chi connectivity index (χ1v) is 11.5. The number of likely N-dealkylation sites (tertiary alicyclic amines) is 1. The van der Waals surface area contributed by atoms with Crippen molar-refractivity contribution in [2.75, 3.05) is 18.8 Å². The highest BCUT2D eigenvalue weighted by molar-refractivity contribution is 7.89. The molecule has 2 aliphatic rings. The molecule has 0 spiro atoms. The van der Waals surface area contributed by atoms with Crippen LogP contribution in [0.4, 0.5) is 0 Å². The number of aliphatic carboxylic acids is 1. The Balaban J connectivity index is 2.17. The molecule has 1 fully saturated rings. The fourth-order valence-electron chi connectivity index (χ4n) is 3.95. The fraction of sp³-hybridized carbons (Fsp3) is 0.778. The highest BCUT2D eigenvalue weighted by Gasteiger charge is 2.38. The minimum atomic E-state index is -3.35. The molecule has 0 aromatic carbocycles. The summed E-state index contributed by atoms with van der Waals surface area (Å²) in [7, 11) is -3.35. The SMILES string of the molecule is CCCCS(=O)(=O)N[C@H]1CCCN([C@@H]2C=C(C(=O)O)C[C@H](N)[C@H]2NC(C)=O)C1. The lowest BCUT2D eigenvalue weighted by atomic mass is 9.85. The molecule has 0 saturated carbocycles. The van der Waals surface area contributed by atoms with E-state index in [1.807, 2.05) is 11.8 Å². The molecule has 9 nitrogen and oxygen atoms in total. The molecular weight excluding hydrogens is 384 g/mol. The maximum atomic E-state index is 12.2. The van der Waals surface area contributed by atoms with E-state index in [9.17, 15) is 23.1 Å². The van der Waals surface area contributed by atoms with Gasteiger partial charge in [-0.3, -0.25) is 9.69 Å². The molecule has 0 bridgehead atoms. The van der Waals surface area contributed by atoms with Crippen LogP contribution in [0.15, 0.2) is 11.6 Å². The predicted molar refractivity (Wildman–Crippen MR) is 106 cm³/mol. The lowest BCUT2D eigenvalue weighted by molar-refractivity contribution is -0.133. The van der Waals surface area contributed by atoms with Gasteiger partial charge in [0.15, 0.2) is 0 Å². The Bertz CT molecular complexity index is 709. The van der Waals surface area contributed by atoms with Gasteiger partial charge in [0.2, 0.25) is 15.9 Å². The van der Waals surface area contributed by atoms with Gasteiger partial charge in [-0.15, -0.1) is 0 Å². The number of nitrogens with zero attached hydrogens (tertiary/aromatic N) is 1. The molecular formula is C18H32N4O5S. The number of carbonyl (C=O) groups excluding carboxylic acids is 1. The van der Waals surface area contributed by atoms with Crippen molar-refractivity contribution in [2.45, 2.75) is 70.1 Å². The van der Waals surface area contributed by atoms with E-state index in [0.717, 1.165) is 19.3 Å². The summed E-state index contributed by atoms with van der Waals surface area (Å²) in [5.74, 6) is -1.15. The molecule has 1 saturated heterocycles. The minimum Gasteiger partial charge on any atom is -0.478 e. The molecule has 1 aliphatic carbocycles. The normalized spacial score (nSPS) is 29.2. The number of carboxylic acids is 1. The van der Waals surface area contributed by atoms with Crippen LogP contribution in [-0.2, 0) is 19.6 Å². The highest BCUT2D eigenvalue weighted by atomic mass is 32.2. The molecule has 0 radical (unpaired) electrons. The van der Waals surface area contributed by atoms with Gasteiger partial charge < -0.3 is 16.2 Å². The van der Waals surface area contributed by atoms with E-state index in [4.69, 9.17) is 5.73 Å². The van der Waals surface area contributed by atoms with Crippen LogP contribution in [0.25, 0.3) is 0 Å². The largest absolute Gasteiger partial charge is 0.478 e. The van der Waals surface area contributed by atoms with Gasteiger partial charge in [-0.05, 0) is 32.2 Å². The number of sulfonamides is 1. The third-order valence-electron chi connectivity index (χ3n) is 5.29. The molecule has 1 heterocycles. The van der Waals surface area contributed by atoms with Crippen LogP contribution in [0.1, 0.15) is 46.0 Å². The molecule has 28 heavy (non-hydrogen) atoms. The second-order valence-electron chi connectivity index (χ2n) is 7.71. The van der Waals surface area contributed by atoms with Gasteiger partial charge in [0.1, 0.15) is 0 Å². The first-order valence-electron chi connectivity index (χ1n) is 9.83. The average Bonchev–Trinajstić information content (AvgIpc) is 2.61. The Morgan fingerprint density at radius 2 is 2.11 bits per heavy atom. The molecule has 0 unspecified atom stereocenters. The molecule has 5 N–H and O–H groups in total. The Hall–Kier alpha value is -1.49. The van der Waals surface area contributed by atoms with Crippen LogP contribution in [-0.4, -0.2) is 73.3 Å². The second kappa shape index (κ2) is 9.82. The van der Waals surface area contributed by atoms with Gasteiger partial charge in [0.25, 0.3) is 0 Å². The summed E-state index contributed by atoms with van der Waals surface area (Å²) < 4.78 is 27.3. The summed E-state index contributed by atoms with van der Waals surface area (Å²) in [4.78, 5) is 25.2. The number of nitrogens with two attached hydrogens (primary N) is 1. The maximum absolute atomic E-state index is 12.2. The van der Waals surface area contributed by atoms with Crippen LogP contribution >= 0.6 is 0 Å². The highest BCUT2D eigenvalue weighted by Crippen LogP contribution is 2.25. The first-order chi connectivity index (χ1) is 13.1. The van der Waals surface area contributed by atoms with Gasteiger partial charge in [-0.25, -0.2) is 17.9 Å². The zero-order chi connectivity index (χ0) is 20.9. The maximum Gasteiger partial charge on any atom is 0.331 e. The lowest BCUT2D eigenvalue weighted by Crippen LogP contribution is -2.63. The van der Waals surface area contributed by atoms with Gasteiger partial charge >= 0.3 is 5.97 Å². The van der Waals surface area contributed by atoms with Crippen LogP contribution in [0.3, 0.4) is 0 Å². The number of nitrogens with one attached hydrogen (secondary N) is 2. The monoisotopic (exact) mass is 416 g/mol. The Kier molecular flexibility index (Phi) is 7.99. The number of piperidine rings is 1. The van der Waals surface area contributed by atoms with Crippen molar-refractivity contribution in [2.24, 2.45) is 5.73 Å². The van der Waals surface area contributed by atoms with Crippen molar-refractivity contribution >= 4 is 21.9 Å². The van der Waals surface area contributed by atoms with E-state index in [1.54, 1.807) is 6.08 Å². The van der Waals surface area contributed by atoms with Crippen LogP contribution in [0.2, 0.25) is 0 Å². The van der Waals surface area contributed by atoms with Gasteiger partial charge in [0.05, 0.1) is 17.8 Å². The smallest absolute Gasteiger partial charge is 0.331 e. The van der Waals surface area contributed by atoms with Crippen LogP contribution in [0, 0.1) is 0 Å². The Morgan fingerprint density at radius 3 is 2.71 bits per heavy atom. The van der Waals surface area contributed by atoms with E-state index in [2.05, 4.69) is 10.0 Å². The second-order valence-corrected chi connectivity index (χ2v) is 9.58. The third-order valence-corrected chi connectivity index (χ3v) is 6.81. The van der Waals surface area contributed by atoms with Crippen molar-refractivity contribution in [1.29, 1.82) is 0 Å². The van der Waals surface area contributed by atoms with Gasteiger partial charge in [-0.2, -0.15) is 0 Å². The minimum absolute atomic E-state index is 0.103. The van der Waals surface area contributed by atoms with Crippen molar-refractivity contribution in [3.63, 3.8) is 0 Å². The lowest BCUT2D eigenvalue weighted by Gasteiger charge is -2.44. The Labute approximate surface area is 166 Å². The first kappa shape index (κ1) is 22.8. The van der Waals surface area contributed by atoms with Crippen molar-refractivity contribution in [3.8, 4) is 0 Å². The van der Waals surface area contributed by atoms with Crippen molar-refractivity contribution < 1.29 is 23.1 Å². The number of carboxylic acid groups (broad SMARTS) is 1. The molecule has 0 aromatic heterocycles. The zero-order valence-electron chi connectivity index (χ0n) is 16.6. The van der Waals surface area contributed by atoms with Crippen LogP contribution < -0.4 is 15.8 Å².